The minimum absolute atomic E-state index is 0. The third kappa shape index (κ3) is 9.02. The number of thioether (sulfide) groups is 1. The number of halogens is 1. The first-order chi connectivity index (χ1) is 9.42. The van der Waals surface area contributed by atoms with Gasteiger partial charge in [-0.25, -0.2) is 0 Å². The van der Waals surface area contributed by atoms with Gasteiger partial charge < -0.3 is 10.6 Å². The van der Waals surface area contributed by atoms with E-state index in [1.54, 1.807) is 11.8 Å². The SMILES string of the molecule is CC(C)(C)SCC(=O)N(CCCN)Cc1ccccc1.Cl. The smallest absolute Gasteiger partial charge is 0.232 e. The Morgan fingerprint density at radius 1 is 1.24 bits per heavy atom. The predicted molar refractivity (Wildman–Crippen MR) is 95.0 cm³/mol. The number of rotatable bonds is 7. The van der Waals surface area contributed by atoms with Gasteiger partial charge in [-0.05, 0) is 18.5 Å². The second-order valence-electron chi connectivity index (χ2n) is 5.84. The van der Waals surface area contributed by atoms with Crippen molar-refractivity contribution in [3.05, 3.63) is 35.9 Å². The van der Waals surface area contributed by atoms with E-state index < -0.39 is 0 Å². The fourth-order valence-corrected chi connectivity index (χ4v) is 2.49. The van der Waals surface area contributed by atoms with Crippen LogP contribution >= 0.6 is 24.2 Å². The fraction of sp³-hybridized carbons (Fsp3) is 0.562. The van der Waals surface area contributed by atoms with E-state index in [9.17, 15) is 4.79 Å². The largest absolute Gasteiger partial charge is 0.338 e. The molecule has 0 radical (unpaired) electrons. The minimum atomic E-state index is 0. The Kier molecular flexibility index (Phi) is 9.75. The van der Waals surface area contributed by atoms with Crippen molar-refractivity contribution in [2.45, 2.75) is 38.5 Å². The van der Waals surface area contributed by atoms with E-state index in [1.165, 1.54) is 5.56 Å². The lowest BCUT2D eigenvalue weighted by Gasteiger charge is -2.25. The summed E-state index contributed by atoms with van der Waals surface area (Å²) in [6, 6.07) is 10.1. The molecular formula is C16H27ClN2OS. The van der Waals surface area contributed by atoms with Crippen molar-refractivity contribution >= 4 is 30.1 Å². The van der Waals surface area contributed by atoms with Crippen LogP contribution in [-0.4, -0.2) is 34.4 Å². The standard InChI is InChI=1S/C16H26N2OS.ClH/c1-16(2,3)20-13-15(19)18(11-7-10-17)12-14-8-5-4-6-9-14;/h4-6,8-9H,7,10-13,17H2,1-3H3;1H. The molecule has 3 nitrogen and oxygen atoms in total. The van der Waals surface area contributed by atoms with Crippen LogP contribution in [0, 0.1) is 0 Å². The molecule has 0 saturated carbocycles. The van der Waals surface area contributed by atoms with Gasteiger partial charge in [-0.1, -0.05) is 51.1 Å². The van der Waals surface area contributed by atoms with E-state index in [2.05, 4.69) is 32.9 Å². The zero-order valence-corrected chi connectivity index (χ0v) is 14.8. The lowest BCUT2D eigenvalue weighted by atomic mass is 10.2. The van der Waals surface area contributed by atoms with Gasteiger partial charge in [0.15, 0.2) is 0 Å². The molecular weight excluding hydrogens is 304 g/mol. The maximum absolute atomic E-state index is 12.4. The maximum atomic E-state index is 12.4. The Bertz CT molecular complexity index is 406. The van der Waals surface area contributed by atoms with Crippen molar-refractivity contribution < 1.29 is 4.79 Å². The topological polar surface area (TPSA) is 46.3 Å². The van der Waals surface area contributed by atoms with Crippen LogP contribution < -0.4 is 5.73 Å². The molecule has 0 spiro atoms. The van der Waals surface area contributed by atoms with Crippen molar-refractivity contribution in [3.63, 3.8) is 0 Å². The molecule has 0 aliphatic rings. The lowest BCUT2D eigenvalue weighted by Crippen LogP contribution is -2.34. The van der Waals surface area contributed by atoms with Crippen LogP contribution in [0.15, 0.2) is 30.3 Å². The molecule has 1 aromatic carbocycles. The highest BCUT2D eigenvalue weighted by Crippen LogP contribution is 2.23. The van der Waals surface area contributed by atoms with Gasteiger partial charge in [0.2, 0.25) is 5.91 Å². The summed E-state index contributed by atoms with van der Waals surface area (Å²) in [7, 11) is 0. The average Bonchev–Trinajstić information content (AvgIpc) is 2.41. The van der Waals surface area contributed by atoms with Gasteiger partial charge >= 0.3 is 0 Å². The van der Waals surface area contributed by atoms with Gasteiger partial charge in [0, 0.05) is 17.8 Å². The quantitative estimate of drug-likeness (QED) is 0.834. The molecule has 2 N–H and O–H groups in total. The van der Waals surface area contributed by atoms with Crippen molar-refractivity contribution in [1.82, 2.24) is 4.90 Å². The Hall–Kier alpha value is -0.710. The van der Waals surface area contributed by atoms with Crippen molar-refractivity contribution in [1.29, 1.82) is 0 Å². The van der Waals surface area contributed by atoms with E-state index in [0.717, 1.165) is 13.0 Å². The zero-order valence-electron chi connectivity index (χ0n) is 13.2. The summed E-state index contributed by atoms with van der Waals surface area (Å²) in [6.07, 6.45) is 0.846. The molecule has 0 atom stereocenters. The highest BCUT2D eigenvalue weighted by Gasteiger charge is 2.18. The second kappa shape index (κ2) is 10.1. The number of amides is 1. The minimum Gasteiger partial charge on any atom is -0.338 e. The van der Waals surface area contributed by atoms with Crippen LogP contribution in [0.1, 0.15) is 32.8 Å². The summed E-state index contributed by atoms with van der Waals surface area (Å²) < 4.78 is 0.113. The molecule has 21 heavy (non-hydrogen) atoms. The Morgan fingerprint density at radius 2 is 1.86 bits per heavy atom. The van der Waals surface area contributed by atoms with Crippen LogP contribution in [0.4, 0.5) is 0 Å². The molecule has 0 fully saturated rings. The van der Waals surface area contributed by atoms with Crippen LogP contribution in [0.3, 0.4) is 0 Å². The molecule has 0 unspecified atom stereocenters. The third-order valence-electron chi connectivity index (χ3n) is 2.83. The van der Waals surface area contributed by atoms with Crippen LogP contribution in [0.25, 0.3) is 0 Å². The zero-order chi connectivity index (χ0) is 15.0. The van der Waals surface area contributed by atoms with Gasteiger partial charge in [-0.2, -0.15) is 0 Å². The van der Waals surface area contributed by atoms with Gasteiger partial charge in [-0.15, -0.1) is 24.2 Å². The van der Waals surface area contributed by atoms with Gasteiger partial charge in [0.25, 0.3) is 0 Å². The Labute approximate surface area is 139 Å². The fourth-order valence-electron chi connectivity index (χ4n) is 1.75. The molecule has 1 amide bonds. The highest BCUT2D eigenvalue weighted by atomic mass is 35.5. The number of nitrogens with zero attached hydrogens (tertiary/aromatic N) is 1. The molecule has 1 aromatic rings. The Balaban J connectivity index is 0.00000400. The summed E-state index contributed by atoms with van der Waals surface area (Å²) in [5, 5.41) is 0. The molecule has 120 valence electrons. The second-order valence-corrected chi connectivity index (χ2v) is 7.65. The summed E-state index contributed by atoms with van der Waals surface area (Å²) in [5.41, 5.74) is 6.74. The molecule has 0 aliphatic heterocycles. The first-order valence-corrected chi connectivity index (χ1v) is 8.06. The third-order valence-corrected chi connectivity index (χ3v) is 4.09. The first-order valence-electron chi connectivity index (χ1n) is 7.08. The molecule has 0 heterocycles. The van der Waals surface area contributed by atoms with Crippen molar-refractivity contribution in [3.8, 4) is 0 Å². The predicted octanol–water partition coefficient (Wildman–Crippen LogP) is 3.32. The number of carbonyl (C=O) groups excluding carboxylic acids is 1. The number of benzene rings is 1. The number of carbonyl (C=O) groups is 1. The average molecular weight is 331 g/mol. The summed E-state index contributed by atoms with van der Waals surface area (Å²) in [5.74, 6) is 0.725. The van der Waals surface area contributed by atoms with E-state index in [1.807, 2.05) is 23.1 Å². The van der Waals surface area contributed by atoms with Crippen LogP contribution in [0.5, 0.6) is 0 Å². The van der Waals surface area contributed by atoms with E-state index >= 15 is 0 Å². The highest BCUT2D eigenvalue weighted by molar-refractivity contribution is 8.01. The summed E-state index contributed by atoms with van der Waals surface area (Å²) >= 11 is 1.69. The number of hydrogen-bond acceptors (Lipinski definition) is 3. The molecule has 1 rings (SSSR count). The van der Waals surface area contributed by atoms with Gasteiger partial charge in [0.05, 0.1) is 5.75 Å². The van der Waals surface area contributed by atoms with Crippen molar-refractivity contribution in [2.75, 3.05) is 18.8 Å². The molecule has 0 bridgehead atoms. The lowest BCUT2D eigenvalue weighted by molar-refractivity contribution is -0.129. The normalized spacial score (nSPS) is 10.9. The number of nitrogens with two attached hydrogens (primary N) is 1. The van der Waals surface area contributed by atoms with E-state index in [4.69, 9.17) is 5.73 Å². The number of hydrogen-bond donors (Lipinski definition) is 1. The first kappa shape index (κ1) is 20.3. The van der Waals surface area contributed by atoms with Crippen LogP contribution in [0.2, 0.25) is 0 Å². The molecule has 0 saturated heterocycles. The van der Waals surface area contributed by atoms with E-state index in [0.29, 0.717) is 18.8 Å². The van der Waals surface area contributed by atoms with E-state index in [-0.39, 0.29) is 23.1 Å². The molecule has 0 aliphatic carbocycles. The monoisotopic (exact) mass is 330 g/mol. The Morgan fingerprint density at radius 3 is 2.38 bits per heavy atom. The summed E-state index contributed by atoms with van der Waals surface area (Å²) in [6.45, 7) is 8.41. The van der Waals surface area contributed by atoms with Crippen molar-refractivity contribution in [2.24, 2.45) is 5.73 Å². The van der Waals surface area contributed by atoms with Gasteiger partial charge in [-0.3, -0.25) is 4.79 Å². The molecule has 0 aromatic heterocycles. The molecule has 5 heteroatoms. The van der Waals surface area contributed by atoms with Crippen LogP contribution in [-0.2, 0) is 11.3 Å². The summed E-state index contributed by atoms with van der Waals surface area (Å²) in [4.78, 5) is 14.3. The maximum Gasteiger partial charge on any atom is 0.232 e. The van der Waals surface area contributed by atoms with Gasteiger partial charge in [0.1, 0.15) is 0 Å².